The van der Waals surface area contributed by atoms with Crippen LogP contribution in [0.25, 0.3) is 0 Å². The molecule has 20 heavy (non-hydrogen) atoms. The van der Waals surface area contributed by atoms with Crippen molar-refractivity contribution in [3.8, 4) is 0 Å². The molecule has 0 aliphatic carbocycles. The van der Waals surface area contributed by atoms with Crippen molar-refractivity contribution < 1.29 is 0 Å². The summed E-state index contributed by atoms with van der Waals surface area (Å²) in [7, 11) is 0. The Balaban J connectivity index is 1.94. The molecule has 0 amide bonds. The smallest absolute Gasteiger partial charge is 0.0294 e. The maximum Gasteiger partial charge on any atom is 0.0294 e. The first-order valence-electron chi connectivity index (χ1n) is 7.26. The molecule has 2 heteroatoms. The number of nitrogens with one attached hydrogen (secondary N) is 1. The van der Waals surface area contributed by atoms with Crippen LogP contribution in [0.4, 0.5) is 0 Å². The lowest BCUT2D eigenvalue weighted by molar-refractivity contribution is 0.573. The Morgan fingerprint density at radius 3 is 2.40 bits per heavy atom. The van der Waals surface area contributed by atoms with Crippen LogP contribution in [0.3, 0.4) is 0 Å². The molecule has 2 aromatic carbocycles. The zero-order valence-corrected chi connectivity index (χ0v) is 13.8. The normalized spacial score (nSPS) is 12.3. The predicted molar refractivity (Wildman–Crippen MR) is 89.8 cm³/mol. The van der Waals surface area contributed by atoms with Gasteiger partial charge in [0.15, 0.2) is 0 Å². The van der Waals surface area contributed by atoms with Crippen LogP contribution in [0.2, 0.25) is 0 Å². The third-order valence-electron chi connectivity index (χ3n) is 3.57. The lowest BCUT2D eigenvalue weighted by atomic mass is 10.0. The number of hydrogen-bond donors (Lipinski definition) is 1. The van der Waals surface area contributed by atoms with Gasteiger partial charge in [0.25, 0.3) is 0 Å². The summed E-state index contributed by atoms with van der Waals surface area (Å²) in [6.45, 7) is 5.31. The number of rotatable bonds is 6. The molecule has 0 bridgehead atoms. The van der Waals surface area contributed by atoms with Gasteiger partial charge < -0.3 is 5.32 Å². The fraction of sp³-hybridized carbons (Fsp3) is 0.333. The molecule has 0 aliphatic rings. The largest absolute Gasteiger partial charge is 0.306 e. The Hall–Kier alpha value is -1.12. The molecule has 0 saturated heterocycles. The van der Waals surface area contributed by atoms with Gasteiger partial charge in [0.2, 0.25) is 0 Å². The van der Waals surface area contributed by atoms with Gasteiger partial charge in [-0.1, -0.05) is 71.7 Å². The number of aryl methyl sites for hydroxylation is 1. The number of halogens is 1. The molecule has 1 atom stereocenters. The maximum absolute atomic E-state index is 3.59. The van der Waals surface area contributed by atoms with Gasteiger partial charge in [-0.15, -0.1) is 0 Å². The summed E-state index contributed by atoms with van der Waals surface area (Å²) in [6, 6.07) is 17.7. The molecule has 0 heterocycles. The molecule has 2 aromatic rings. The minimum absolute atomic E-state index is 0.359. The summed E-state index contributed by atoms with van der Waals surface area (Å²) in [4.78, 5) is 0. The van der Waals surface area contributed by atoms with E-state index in [4.69, 9.17) is 0 Å². The molecule has 106 valence electrons. The highest BCUT2D eigenvalue weighted by Gasteiger charge is 2.06. The van der Waals surface area contributed by atoms with E-state index in [9.17, 15) is 0 Å². The minimum Gasteiger partial charge on any atom is -0.306 e. The SMILES string of the molecule is CCCc1ccc(C(C)NCc2ccccc2Br)cc1. The molecule has 1 N–H and O–H groups in total. The second kappa shape index (κ2) is 7.61. The Bertz CT molecular complexity index is 533. The van der Waals surface area contributed by atoms with Crippen LogP contribution >= 0.6 is 15.9 Å². The number of benzene rings is 2. The molecule has 0 fully saturated rings. The fourth-order valence-electron chi connectivity index (χ4n) is 2.28. The Morgan fingerprint density at radius 2 is 1.75 bits per heavy atom. The second-order valence-electron chi connectivity index (χ2n) is 5.19. The lowest BCUT2D eigenvalue weighted by Crippen LogP contribution is -2.18. The first kappa shape index (κ1) is 15.3. The van der Waals surface area contributed by atoms with Crippen LogP contribution in [-0.4, -0.2) is 0 Å². The standard InChI is InChI=1S/C18H22BrN/c1-3-6-15-9-11-16(12-10-15)14(2)20-13-17-7-4-5-8-18(17)19/h4-5,7-12,14,20H,3,6,13H2,1-2H3. The molecule has 0 aromatic heterocycles. The van der Waals surface area contributed by atoms with Crippen molar-refractivity contribution in [3.63, 3.8) is 0 Å². The van der Waals surface area contributed by atoms with Crippen LogP contribution in [0.5, 0.6) is 0 Å². The van der Waals surface area contributed by atoms with Gasteiger partial charge >= 0.3 is 0 Å². The summed E-state index contributed by atoms with van der Waals surface area (Å²) in [5.41, 5.74) is 4.06. The van der Waals surface area contributed by atoms with Gasteiger partial charge in [-0.05, 0) is 36.1 Å². The van der Waals surface area contributed by atoms with E-state index in [1.54, 1.807) is 0 Å². The van der Waals surface area contributed by atoms with Gasteiger partial charge in [0.1, 0.15) is 0 Å². The van der Waals surface area contributed by atoms with Crippen molar-refractivity contribution >= 4 is 15.9 Å². The monoisotopic (exact) mass is 331 g/mol. The first-order valence-corrected chi connectivity index (χ1v) is 8.05. The van der Waals surface area contributed by atoms with Crippen LogP contribution < -0.4 is 5.32 Å². The van der Waals surface area contributed by atoms with Crippen LogP contribution in [0.15, 0.2) is 53.0 Å². The van der Waals surface area contributed by atoms with Crippen molar-refractivity contribution in [3.05, 3.63) is 69.7 Å². The molecule has 0 aliphatic heterocycles. The first-order chi connectivity index (χ1) is 9.70. The van der Waals surface area contributed by atoms with E-state index in [1.165, 1.54) is 29.5 Å². The average Bonchev–Trinajstić information content (AvgIpc) is 2.47. The molecule has 1 nitrogen and oxygen atoms in total. The molecular formula is C18H22BrN. The third-order valence-corrected chi connectivity index (χ3v) is 4.35. The van der Waals surface area contributed by atoms with Crippen molar-refractivity contribution in [2.45, 2.75) is 39.3 Å². The summed E-state index contributed by atoms with van der Waals surface area (Å²) < 4.78 is 1.16. The highest BCUT2D eigenvalue weighted by Crippen LogP contribution is 2.18. The van der Waals surface area contributed by atoms with Crippen molar-refractivity contribution in [2.75, 3.05) is 0 Å². The van der Waals surface area contributed by atoms with Crippen molar-refractivity contribution in [1.82, 2.24) is 5.32 Å². The molecule has 0 spiro atoms. The highest BCUT2D eigenvalue weighted by atomic mass is 79.9. The van der Waals surface area contributed by atoms with E-state index in [2.05, 4.69) is 77.6 Å². The van der Waals surface area contributed by atoms with Crippen molar-refractivity contribution in [2.24, 2.45) is 0 Å². The van der Waals surface area contributed by atoms with Crippen LogP contribution in [0, 0.1) is 0 Å². The molecule has 0 saturated carbocycles. The Kier molecular flexibility index (Phi) is 5.81. The van der Waals surface area contributed by atoms with Crippen LogP contribution in [-0.2, 0) is 13.0 Å². The Labute approximate surface area is 130 Å². The summed E-state index contributed by atoms with van der Waals surface area (Å²) in [5.74, 6) is 0. The zero-order valence-electron chi connectivity index (χ0n) is 12.2. The summed E-state index contributed by atoms with van der Waals surface area (Å²) >= 11 is 3.59. The minimum atomic E-state index is 0.359. The van der Waals surface area contributed by atoms with Gasteiger partial charge in [0, 0.05) is 17.1 Å². The summed E-state index contributed by atoms with van der Waals surface area (Å²) in [6.07, 6.45) is 2.37. The molecule has 1 unspecified atom stereocenters. The van der Waals surface area contributed by atoms with E-state index in [1.807, 2.05) is 6.07 Å². The van der Waals surface area contributed by atoms with E-state index in [-0.39, 0.29) is 0 Å². The maximum atomic E-state index is 3.59. The van der Waals surface area contributed by atoms with Crippen molar-refractivity contribution in [1.29, 1.82) is 0 Å². The van der Waals surface area contributed by atoms with Crippen LogP contribution in [0.1, 0.15) is 43.0 Å². The fourth-order valence-corrected chi connectivity index (χ4v) is 2.71. The average molecular weight is 332 g/mol. The topological polar surface area (TPSA) is 12.0 Å². The van der Waals surface area contributed by atoms with E-state index in [0.29, 0.717) is 6.04 Å². The van der Waals surface area contributed by atoms with E-state index >= 15 is 0 Å². The second-order valence-corrected chi connectivity index (χ2v) is 6.04. The summed E-state index contributed by atoms with van der Waals surface area (Å²) in [5, 5.41) is 3.58. The quantitative estimate of drug-likeness (QED) is 0.761. The van der Waals surface area contributed by atoms with Gasteiger partial charge in [-0.3, -0.25) is 0 Å². The zero-order chi connectivity index (χ0) is 14.4. The van der Waals surface area contributed by atoms with Gasteiger partial charge in [0.05, 0.1) is 0 Å². The molecule has 2 rings (SSSR count). The predicted octanol–water partition coefficient (Wildman–Crippen LogP) is 5.25. The van der Waals surface area contributed by atoms with Gasteiger partial charge in [-0.2, -0.15) is 0 Å². The lowest BCUT2D eigenvalue weighted by Gasteiger charge is -2.15. The van der Waals surface area contributed by atoms with E-state index < -0.39 is 0 Å². The number of hydrogen-bond acceptors (Lipinski definition) is 1. The highest BCUT2D eigenvalue weighted by molar-refractivity contribution is 9.10. The van der Waals surface area contributed by atoms with E-state index in [0.717, 1.165) is 11.0 Å². The molecular weight excluding hydrogens is 310 g/mol. The van der Waals surface area contributed by atoms with Gasteiger partial charge in [-0.25, -0.2) is 0 Å². The third kappa shape index (κ3) is 4.19. The molecule has 0 radical (unpaired) electrons. The Morgan fingerprint density at radius 1 is 1.05 bits per heavy atom.